The number of carboxylic acid groups (broad SMARTS) is 1. The van der Waals surface area contributed by atoms with Gasteiger partial charge in [0.1, 0.15) is 5.56 Å². The second-order valence-corrected chi connectivity index (χ2v) is 4.74. The molecule has 1 atom stereocenters. The summed E-state index contributed by atoms with van der Waals surface area (Å²) in [5.41, 5.74) is -0.256. The highest BCUT2D eigenvalue weighted by Gasteiger charge is 2.21. The van der Waals surface area contributed by atoms with Crippen LogP contribution in [0.1, 0.15) is 24.2 Å². The van der Waals surface area contributed by atoms with E-state index < -0.39 is 16.6 Å². The molecular formula is C13H18N2O5. The molecule has 1 aromatic rings. The van der Waals surface area contributed by atoms with Crippen LogP contribution in [0.15, 0.2) is 18.2 Å². The van der Waals surface area contributed by atoms with E-state index in [0.29, 0.717) is 12.3 Å². The first-order valence-corrected chi connectivity index (χ1v) is 6.14. The largest absolute Gasteiger partial charge is 0.477 e. The van der Waals surface area contributed by atoms with E-state index in [4.69, 9.17) is 9.84 Å². The molecule has 0 saturated carbocycles. The summed E-state index contributed by atoms with van der Waals surface area (Å²) in [5, 5.41) is 22.9. The quantitative estimate of drug-likeness (QED) is 0.588. The molecule has 7 nitrogen and oxygen atoms in total. The highest BCUT2D eigenvalue weighted by Crippen LogP contribution is 2.24. The first kappa shape index (κ1) is 15.9. The van der Waals surface area contributed by atoms with Crippen LogP contribution in [0.3, 0.4) is 0 Å². The number of methoxy groups -OCH3 is 1. The maximum atomic E-state index is 10.9. The van der Waals surface area contributed by atoms with Crippen LogP contribution in [0.25, 0.3) is 0 Å². The number of anilines is 1. The zero-order valence-corrected chi connectivity index (χ0v) is 11.6. The highest BCUT2D eigenvalue weighted by atomic mass is 16.6. The number of aromatic carboxylic acids is 1. The molecule has 1 rings (SSSR count). The lowest BCUT2D eigenvalue weighted by atomic mass is 10.0. The molecule has 110 valence electrons. The van der Waals surface area contributed by atoms with E-state index in [0.717, 1.165) is 0 Å². The van der Waals surface area contributed by atoms with Crippen molar-refractivity contribution in [3.05, 3.63) is 33.9 Å². The average Bonchev–Trinajstić information content (AvgIpc) is 2.37. The summed E-state index contributed by atoms with van der Waals surface area (Å²) >= 11 is 0. The van der Waals surface area contributed by atoms with E-state index in [2.05, 4.69) is 5.32 Å². The first-order chi connectivity index (χ1) is 9.36. The van der Waals surface area contributed by atoms with Gasteiger partial charge in [-0.1, -0.05) is 13.8 Å². The molecule has 0 spiro atoms. The van der Waals surface area contributed by atoms with Gasteiger partial charge in [0.2, 0.25) is 0 Å². The molecule has 0 amide bonds. The van der Waals surface area contributed by atoms with Crippen molar-refractivity contribution in [2.24, 2.45) is 5.92 Å². The lowest BCUT2D eigenvalue weighted by molar-refractivity contribution is -0.385. The van der Waals surface area contributed by atoms with E-state index >= 15 is 0 Å². The van der Waals surface area contributed by atoms with E-state index in [-0.39, 0.29) is 17.5 Å². The van der Waals surface area contributed by atoms with Crippen LogP contribution in [0.5, 0.6) is 0 Å². The van der Waals surface area contributed by atoms with Crippen molar-refractivity contribution in [2.75, 3.05) is 19.0 Å². The molecule has 1 unspecified atom stereocenters. The predicted molar refractivity (Wildman–Crippen MR) is 74.2 cm³/mol. The third-order valence-electron chi connectivity index (χ3n) is 2.93. The zero-order chi connectivity index (χ0) is 15.3. The minimum absolute atomic E-state index is 0.0183. The number of carbonyl (C=O) groups is 1. The summed E-state index contributed by atoms with van der Waals surface area (Å²) in [4.78, 5) is 21.1. The van der Waals surface area contributed by atoms with Crippen molar-refractivity contribution < 1.29 is 19.6 Å². The Kier molecular flexibility index (Phi) is 5.45. The number of nitrogens with one attached hydrogen (secondary N) is 1. The summed E-state index contributed by atoms with van der Waals surface area (Å²) in [6.45, 7) is 4.44. The van der Waals surface area contributed by atoms with Crippen molar-refractivity contribution in [2.45, 2.75) is 19.9 Å². The van der Waals surface area contributed by atoms with E-state index in [1.807, 2.05) is 13.8 Å². The Bertz CT molecular complexity index is 502. The molecule has 7 heteroatoms. The number of ether oxygens (including phenoxy) is 1. The molecular weight excluding hydrogens is 264 g/mol. The number of rotatable bonds is 7. The maximum Gasteiger partial charge on any atom is 0.342 e. The molecule has 0 aliphatic heterocycles. The Morgan fingerprint density at radius 2 is 2.15 bits per heavy atom. The molecule has 2 N–H and O–H groups in total. The summed E-state index contributed by atoms with van der Waals surface area (Å²) in [5.74, 6) is -1.06. The lowest BCUT2D eigenvalue weighted by Gasteiger charge is -2.22. The molecule has 0 aromatic heterocycles. The van der Waals surface area contributed by atoms with Crippen molar-refractivity contribution >= 4 is 17.3 Å². The van der Waals surface area contributed by atoms with Gasteiger partial charge in [-0.25, -0.2) is 4.79 Å². The number of hydrogen-bond donors (Lipinski definition) is 2. The number of nitro benzene ring substituents is 1. The van der Waals surface area contributed by atoms with Crippen LogP contribution < -0.4 is 5.32 Å². The summed E-state index contributed by atoms with van der Waals surface area (Å²) in [6.07, 6.45) is 0. The number of hydrogen-bond acceptors (Lipinski definition) is 5. The summed E-state index contributed by atoms with van der Waals surface area (Å²) in [6, 6.07) is 3.96. The SMILES string of the molecule is COCC(Nc1ccc(C(=O)O)c([N+](=O)[O-])c1)C(C)C. The molecule has 1 aromatic carbocycles. The zero-order valence-electron chi connectivity index (χ0n) is 11.6. The Morgan fingerprint density at radius 3 is 2.60 bits per heavy atom. The molecule has 0 saturated heterocycles. The van der Waals surface area contributed by atoms with Gasteiger partial charge < -0.3 is 15.2 Å². The summed E-state index contributed by atoms with van der Waals surface area (Å²) < 4.78 is 5.09. The third kappa shape index (κ3) is 3.92. The first-order valence-electron chi connectivity index (χ1n) is 6.14. The van der Waals surface area contributed by atoms with Gasteiger partial charge in [-0.3, -0.25) is 10.1 Å². The van der Waals surface area contributed by atoms with Crippen LogP contribution in [-0.2, 0) is 4.74 Å². The van der Waals surface area contributed by atoms with Gasteiger partial charge >= 0.3 is 5.97 Å². The van der Waals surface area contributed by atoms with Crippen LogP contribution in [0.4, 0.5) is 11.4 Å². The monoisotopic (exact) mass is 282 g/mol. The fourth-order valence-corrected chi connectivity index (χ4v) is 1.75. The summed E-state index contributed by atoms with van der Waals surface area (Å²) in [7, 11) is 1.58. The van der Waals surface area contributed by atoms with Gasteiger partial charge in [-0.15, -0.1) is 0 Å². The van der Waals surface area contributed by atoms with Crippen LogP contribution in [0, 0.1) is 16.0 Å². The maximum absolute atomic E-state index is 10.9. The fourth-order valence-electron chi connectivity index (χ4n) is 1.75. The fraction of sp³-hybridized carbons (Fsp3) is 0.462. The van der Waals surface area contributed by atoms with Gasteiger partial charge in [0.25, 0.3) is 5.69 Å². The van der Waals surface area contributed by atoms with Gasteiger partial charge in [0.05, 0.1) is 17.6 Å². The van der Waals surface area contributed by atoms with Gasteiger partial charge in [-0.05, 0) is 18.1 Å². The average molecular weight is 282 g/mol. The highest BCUT2D eigenvalue weighted by molar-refractivity contribution is 5.93. The topological polar surface area (TPSA) is 102 Å². The van der Waals surface area contributed by atoms with E-state index in [9.17, 15) is 14.9 Å². The Labute approximate surface area is 116 Å². The van der Waals surface area contributed by atoms with Gasteiger partial charge in [-0.2, -0.15) is 0 Å². The van der Waals surface area contributed by atoms with E-state index in [1.165, 1.54) is 18.2 Å². The van der Waals surface area contributed by atoms with Gasteiger partial charge in [0.15, 0.2) is 0 Å². The van der Waals surface area contributed by atoms with Crippen molar-refractivity contribution in [1.29, 1.82) is 0 Å². The second kappa shape index (κ2) is 6.85. The second-order valence-electron chi connectivity index (χ2n) is 4.74. The molecule has 0 aliphatic carbocycles. The van der Waals surface area contributed by atoms with E-state index in [1.54, 1.807) is 7.11 Å². The van der Waals surface area contributed by atoms with Crippen molar-refractivity contribution in [3.63, 3.8) is 0 Å². The standard InChI is InChI=1S/C13H18N2O5/c1-8(2)11(7-20-3)14-9-4-5-10(13(16)17)12(6-9)15(18)19/h4-6,8,11,14H,7H2,1-3H3,(H,16,17). The Balaban J connectivity index is 3.05. The number of nitro groups is 1. The van der Waals surface area contributed by atoms with Crippen molar-refractivity contribution in [3.8, 4) is 0 Å². The Hall–Kier alpha value is -2.15. The number of nitrogens with zero attached hydrogens (tertiary/aromatic N) is 1. The van der Waals surface area contributed by atoms with Gasteiger partial charge in [0, 0.05) is 18.9 Å². The number of benzene rings is 1. The van der Waals surface area contributed by atoms with Crippen molar-refractivity contribution in [1.82, 2.24) is 0 Å². The van der Waals surface area contributed by atoms with Crippen LogP contribution >= 0.6 is 0 Å². The Morgan fingerprint density at radius 1 is 1.50 bits per heavy atom. The number of carboxylic acids is 1. The normalized spacial score (nSPS) is 12.2. The van der Waals surface area contributed by atoms with Crippen LogP contribution in [0.2, 0.25) is 0 Å². The molecule has 0 heterocycles. The smallest absolute Gasteiger partial charge is 0.342 e. The third-order valence-corrected chi connectivity index (χ3v) is 2.93. The minimum atomic E-state index is -1.32. The molecule has 0 radical (unpaired) electrons. The predicted octanol–water partition coefficient (Wildman–Crippen LogP) is 2.38. The molecule has 0 aliphatic rings. The molecule has 0 fully saturated rings. The minimum Gasteiger partial charge on any atom is -0.477 e. The molecule has 20 heavy (non-hydrogen) atoms. The molecule has 0 bridgehead atoms. The van der Waals surface area contributed by atoms with Crippen LogP contribution in [-0.4, -0.2) is 35.8 Å². The lowest BCUT2D eigenvalue weighted by Crippen LogP contribution is -2.30.